The summed E-state index contributed by atoms with van der Waals surface area (Å²) in [5, 5.41) is 10.1. The minimum absolute atomic E-state index is 0.103. The smallest absolute Gasteiger partial charge is 0.384 e. The maximum Gasteiger partial charge on any atom is 0.490 e. The summed E-state index contributed by atoms with van der Waals surface area (Å²) in [7, 11) is -17.4. The van der Waals surface area contributed by atoms with Crippen molar-refractivity contribution in [1.82, 2.24) is 9.55 Å². The summed E-state index contributed by atoms with van der Waals surface area (Å²) in [5.74, 6) is -2.30. The molecule has 0 amide bonds. The predicted molar refractivity (Wildman–Crippen MR) is 99.9 cm³/mol. The lowest BCUT2D eigenvalue weighted by atomic mass is 9.96. The van der Waals surface area contributed by atoms with Gasteiger partial charge in [-0.3, -0.25) is 9.09 Å². The molecule has 1 fully saturated rings. The van der Waals surface area contributed by atoms with Crippen molar-refractivity contribution in [3.63, 3.8) is 0 Å². The van der Waals surface area contributed by atoms with Crippen LogP contribution in [-0.2, 0) is 31.6 Å². The van der Waals surface area contributed by atoms with Crippen molar-refractivity contribution in [2.24, 2.45) is 0 Å². The summed E-state index contributed by atoms with van der Waals surface area (Å²) in [6.45, 7) is -1.84. The maximum absolute atomic E-state index is 15.3. The summed E-state index contributed by atoms with van der Waals surface area (Å²) < 4.78 is 80.0. The van der Waals surface area contributed by atoms with Crippen LogP contribution in [-0.4, -0.2) is 58.5 Å². The molecule has 0 aromatic carbocycles. The van der Waals surface area contributed by atoms with Gasteiger partial charge in [0.25, 0.3) is 5.85 Å². The van der Waals surface area contributed by atoms with E-state index in [1.165, 1.54) is 5.92 Å². The Labute approximate surface area is 182 Å². The fourth-order valence-electron chi connectivity index (χ4n) is 2.38. The molecule has 0 aliphatic carbocycles. The highest BCUT2D eigenvalue weighted by Gasteiger charge is 2.67. The third kappa shape index (κ3) is 6.04. The van der Waals surface area contributed by atoms with Gasteiger partial charge in [-0.05, 0) is 18.3 Å². The van der Waals surface area contributed by atoms with Gasteiger partial charge >= 0.3 is 23.5 Å². The lowest BCUT2D eigenvalue weighted by Crippen LogP contribution is -2.47. The number of aromatic nitrogens is 2. The van der Waals surface area contributed by atoms with E-state index < -0.39 is 58.7 Å². The fourth-order valence-corrected chi connectivity index (χ4v) is 5.68. The molecule has 0 saturated carbocycles. The second-order valence-corrected chi connectivity index (χ2v) is 10.8. The molecule has 1 saturated heterocycles. The number of hydrogen-bond donors (Lipinski definition) is 6. The van der Waals surface area contributed by atoms with Gasteiger partial charge in [-0.1, -0.05) is 5.92 Å². The monoisotopic (exact) mass is 543 g/mol. The Morgan fingerprint density at radius 1 is 1.28 bits per heavy atom. The lowest BCUT2D eigenvalue weighted by molar-refractivity contribution is -0.204. The van der Waals surface area contributed by atoms with Crippen molar-refractivity contribution in [2.75, 3.05) is 12.3 Å². The SMILES string of the molecule is C#C[C@@]1(F)C(O)[C@@](F)(COP(=O)(O)OP(=O)(O)OP(=O)(O)O)O[C@H]1n1ccc(N)nc1=S. The second-order valence-electron chi connectivity index (χ2n) is 5.98. The number of alkyl halides is 2. The molecule has 15 nitrogen and oxygen atoms in total. The van der Waals surface area contributed by atoms with Crippen molar-refractivity contribution in [3.05, 3.63) is 17.0 Å². The van der Waals surface area contributed by atoms with Crippen molar-refractivity contribution in [2.45, 2.75) is 23.9 Å². The third-order valence-corrected chi connectivity index (χ3v) is 7.72. The molecule has 0 radical (unpaired) electrons. The molecular weight excluding hydrogens is 529 g/mol. The molecule has 2 heterocycles. The quantitative estimate of drug-likeness (QED) is 0.148. The highest BCUT2D eigenvalue weighted by atomic mass is 32.1. The molecule has 1 aliphatic rings. The van der Waals surface area contributed by atoms with E-state index in [0.717, 1.165) is 12.3 Å². The number of rotatable bonds is 8. The van der Waals surface area contributed by atoms with Crippen molar-refractivity contribution < 1.29 is 65.0 Å². The van der Waals surface area contributed by atoms with Crippen LogP contribution in [0.25, 0.3) is 0 Å². The average Bonchev–Trinajstić information content (AvgIpc) is 2.80. The maximum atomic E-state index is 15.3. The molecule has 3 unspecified atom stereocenters. The number of phosphoric ester groups is 1. The normalized spacial score (nSPS) is 32.1. The zero-order chi connectivity index (χ0) is 24.8. The Bertz CT molecular complexity index is 1140. The molecular formula is C11H14F2N3O12P3S. The second kappa shape index (κ2) is 8.90. The van der Waals surface area contributed by atoms with E-state index in [9.17, 15) is 23.7 Å². The highest BCUT2D eigenvalue weighted by Crippen LogP contribution is 2.66. The topological polar surface area (TPSA) is 233 Å². The van der Waals surface area contributed by atoms with Crippen molar-refractivity contribution in [3.8, 4) is 12.3 Å². The molecule has 0 bridgehead atoms. The van der Waals surface area contributed by atoms with E-state index in [1.807, 2.05) is 0 Å². The number of anilines is 1. The predicted octanol–water partition coefficient (Wildman–Crippen LogP) is 0.435. The van der Waals surface area contributed by atoms with E-state index in [4.69, 9.17) is 43.8 Å². The Morgan fingerprint density at radius 2 is 1.88 bits per heavy atom. The number of phosphoric acid groups is 3. The first-order chi connectivity index (χ1) is 14.3. The Morgan fingerprint density at radius 3 is 2.38 bits per heavy atom. The number of hydrogen-bond acceptors (Lipinski definition) is 11. The van der Waals surface area contributed by atoms with Crippen LogP contribution in [0.5, 0.6) is 0 Å². The highest BCUT2D eigenvalue weighted by molar-refractivity contribution is 7.71. The molecule has 21 heteroatoms. The Hall–Kier alpha value is -1.15. The molecule has 1 aromatic rings. The number of nitrogens with zero attached hydrogens (tertiary/aromatic N) is 2. The molecule has 1 aromatic heterocycles. The number of nitrogen functional groups attached to an aromatic ring is 1. The molecule has 180 valence electrons. The minimum atomic E-state index is -5.91. The Kier molecular flexibility index (Phi) is 7.53. The Balaban J connectivity index is 2.27. The molecule has 6 atom stereocenters. The standard InChI is InChI=1S/C11H14F2N3O12P3S/c1-2-10(12)7(17)11(13,26-8(10)16-4-3-6(14)15-9(16)32)5-25-30(21,22)28-31(23,24)27-29(18,19)20/h1,3-4,7-8,17H,5H2,(H,21,22)(H,23,24)(H2,14,15,32)(H2,18,19,20)/t7?,8-,10-,11-/m1/s1. The number of aliphatic hydroxyl groups is 1. The van der Waals surface area contributed by atoms with Gasteiger partial charge < -0.3 is 35.2 Å². The number of nitrogens with two attached hydrogens (primary N) is 1. The van der Waals surface area contributed by atoms with Crippen LogP contribution < -0.4 is 5.73 Å². The van der Waals surface area contributed by atoms with Crippen molar-refractivity contribution >= 4 is 41.5 Å². The zero-order valence-electron chi connectivity index (χ0n) is 15.2. The van der Waals surface area contributed by atoms with Gasteiger partial charge in [0.1, 0.15) is 12.4 Å². The molecule has 32 heavy (non-hydrogen) atoms. The summed E-state index contributed by atoms with van der Waals surface area (Å²) in [6.07, 6.45) is 0.998. The van der Waals surface area contributed by atoms with Crippen LogP contribution in [0.15, 0.2) is 12.3 Å². The summed E-state index contributed by atoms with van der Waals surface area (Å²) in [4.78, 5) is 39.0. The largest absolute Gasteiger partial charge is 0.490 e. The first-order valence-electron chi connectivity index (χ1n) is 7.69. The third-order valence-electron chi connectivity index (χ3n) is 3.64. The van der Waals surface area contributed by atoms with E-state index in [-0.39, 0.29) is 5.82 Å². The van der Waals surface area contributed by atoms with Gasteiger partial charge in [0.15, 0.2) is 12.3 Å². The first kappa shape index (κ1) is 27.1. The van der Waals surface area contributed by atoms with E-state index in [0.29, 0.717) is 4.57 Å². The minimum Gasteiger partial charge on any atom is -0.384 e. The molecule has 1 aliphatic heterocycles. The van der Waals surface area contributed by atoms with Gasteiger partial charge in [-0.15, -0.1) is 6.42 Å². The van der Waals surface area contributed by atoms with Crippen molar-refractivity contribution in [1.29, 1.82) is 0 Å². The summed E-state index contributed by atoms with van der Waals surface area (Å²) >= 11 is 4.85. The van der Waals surface area contributed by atoms with Gasteiger partial charge in [0.05, 0.1) is 0 Å². The average molecular weight is 543 g/mol. The van der Waals surface area contributed by atoms with E-state index >= 15 is 8.78 Å². The van der Waals surface area contributed by atoms with Crippen LogP contribution in [0, 0.1) is 17.1 Å². The fraction of sp³-hybridized carbons (Fsp3) is 0.455. The van der Waals surface area contributed by atoms with E-state index in [2.05, 4.69) is 18.1 Å². The van der Waals surface area contributed by atoms with Gasteiger partial charge in [0, 0.05) is 6.20 Å². The van der Waals surface area contributed by atoms with Crippen LogP contribution in [0.1, 0.15) is 6.23 Å². The number of terminal acetylenes is 1. The summed E-state index contributed by atoms with van der Waals surface area (Å²) in [6, 6.07) is 1.10. The zero-order valence-corrected chi connectivity index (χ0v) is 18.7. The first-order valence-corrected chi connectivity index (χ1v) is 12.6. The lowest BCUT2D eigenvalue weighted by Gasteiger charge is -2.25. The number of aliphatic hydroxyl groups excluding tert-OH is 1. The summed E-state index contributed by atoms with van der Waals surface area (Å²) in [5.41, 5.74) is 2.06. The van der Waals surface area contributed by atoms with Gasteiger partial charge in [-0.2, -0.15) is 8.62 Å². The molecule has 2 rings (SSSR count). The van der Waals surface area contributed by atoms with Crippen LogP contribution in [0.4, 0.5) is 14.6 Å². The molecule has 0 spiro atoms. The number of ether oxygens (including phenoxy) is 1. The van der Waals surface area contributed by atoms with Gasteiger partial charge in [-0.25, -0.2) is 27.5 Å². The van der Waals surface area contributed by atoms with Crippen LogP contribution in [0.2, 0.25) is 0 Å². The van der Waals surface area contributed by atoms with Gasteiger partial charge in [0.2, 0.25) is 10.4 Å². The van der Waals surface area contributed by atoms with E-state index in [1.54, 1.807) is 0 Å². The molecule has 7 N–H and O–H groups in total. The van der Waals surface area contributed by atoms with Crippen LogP contribution >= 0.6 is 35.7 Å². The van der Waals surface area contributed by atoms with Crippen LogP contribution in [0.3, 0.4) is 0 Å². The number of halogens is 2.